The van der Waals surface area contributed by atoms with Crippen molar-refractivity contribution in [3.8, 4) is 0 Å². The van der Waals surface area contributed by atoms with Gasteiger partial charge in [-0.3, -0.25) is 0 Å². The molecule has 110 valence electrons. The second kappa shape index (κ2) is 6.81. The van der Waals surface area contributed by atoms with Crippen molar-refractivity contribution in [3.63, 3.8) is 0 Å². The maximum atomic E-state index is 6.19. The molecule has 0 bridgehead atoms. The third-order valence-electron chi connectivity index (χ3n) is 2.91. The van der Waals surface area contributed by atoms with Gasteiger partial charge in [0.1, 0.15) is 17.0 Å². The highest BCUT2D eigenvalue weighted by Gasteiger charge is 2.09. The van der Waals surface area contributed by atoms with E-state index < -0.39 is 0 Å². The highest BCUT2D eigenvalue weighted by molar-refractivity contribution is 9.10. The number of anilines is 3. The molecule has 0 fully saturated rings. The zero-order valence-corrected chi connectivity index (χ0v) is 13.9. The minimum atomic E-state index is 0.541. The molecular formula is C16H13BrN4S. The highest BCUT2D eigenvalue weighted by atomic mass is 79.9. The van der Waals surface area contributed by atoms with Gasteiger partial charge in [-0.2, -0.15) is 0 Å². The lowest BCUT2D eigenvalue weighted by Crippen LogP contribution is -2.02. The van der Waals surface area contributed by atoms with E-state index in [1.54, 1.807) is 0 Å². The van der Waals surface area contributed by atoms with Crippen LogP contribution in [0.25, 0.3) is 0 Å². The maximum absolute atomic E-state index is 6.19. The first-order chi connectivity index (χ1) is 10.7. The minimum absolute atomic E-state index is 0.541. The van der Waals surface area contributed by atoms with E-state index in [0.717, 1.165) is 20.1 Å². The van der Waals surface area contributed by atoms with Gasteiger partial charge in [-0.15, -0.1) is 0 Å². The molecule has 0 saturated heterocycles. The number of nitrogen functional groups attached to an aromatic ring is 1. The Labute approximate surface area is 141 Å². The molecule has 0 amide bonds. The Morgan fingerprint density at radius 1 is 0.955 bits per heavy atom. The molecule has 0 atom stereocenters. The van der Waals surface area contributed by atoms with Crippen LogP contribution in [0.4, 0.5) is 17.2 Å². The van der Waals surface area contributed by atoms with Gasteiger partial charge >= 0.3 is 0 Å². The number of aromatic nitrogens is 2. The van der Waals surface area contributed by atoms with Gasteiger partial charge in [-0.1, -0.05) is 45.9 Å². The summed E-state index contributed by atoms with van der Waals surface area (Å²) < 4.78 is 1.02. The molecule has 22 heavy (non-hydrogen) atoms. The second-order valence-electron chi connectivity index (χ2n) is 4.49. The lowest BCUT2D eigenvalue weighted by atomic mass is 10.3. The Hall–Kier alpha value is -2.05. The lowest BCUT2D eigenvalue weighted by Gasteiger charge is -2.11. The van der Waals surface area contributed by atoms with Crippen LogP contribution in [0, 0.1) is 0 Å². The zero-order chi connectivity index (χ0) is 15.4. The third-order valence-corrected chi connectivity index (χ3v) is 4.47. The van der Waals surface area contributed by atoms with Crippen molar-refractivity contribution in [2.75, 3.05) is 11.1 Å². The summed E-state index contributed by atoms with van der Waals surface area (Å²) in [5.41, 5.74) is 7.65. The molecule has 0 radical (unpaired) electrons. The van der Waals surface area contributed by atoms with E-state index in [-0.39, 0.29) is 0 Å². The molecule has 4 nitrogen and oxygen atoms in total. The molecular weight excluding hydrogens is 360 g/mol. The average molecular weight is 373 g/mol. The van der Waals surface area contributed by atoms with E-state index in [1.807, 2.05) is 54.6 Å². The Bertz CT molecular complexity index is 763. The molecule has 0 aliphatic heterocycles. The third kappa shape index (κ3) is 3.58. The predicted octanol–water partition coefficient (Wildman–Crippen LogP) is 4.72. The van der Waals surface area contributed by atoms with Crippen LogP contribution in [-0.2, 0) is 0 Å². The molecule has 0 aliphatic rings. The number of nitrogens with zero attached hydrogens (tertiary/aromatic N) is 2. The summed E-state index contributed by atoms with van der Waals surface area (Å²) >= 11 is 4.93. The van der Waals surface area contributed by atoms with E-state index in [9.17, 15) is 0 Å². The molecule has 1 heterocycles. The first-order valence-electron chi connectivity index (χ1n) is 6.58. The summed E-state index contributed by atoms with van der Waals surface area (Å²) in [4.78, 5) is 9.58. The molecule has 2 aromatic carbocycles. The van der Waals surface area contributed by atoms with Crippen LogP contribution in [0.15, 0.2) is 75.3 Å². The molecule has 3 N–H and O–H groups in total. The summed E-state index contributed by atoms with van der Waals surface area (Å²) in [6.07, 6.45) is 1.52. The van der Waals surface area contributed by atoms with Gasteiger partial charge in [0, 0.05) is 15.1 Å². The van der Waals surface area contributed by atoms with Gasteiger partial charge in [0.2, 0.25) is 0 Å². The fourth-order valence-corrected chi connectivity index (χ4v) is 2.92. The Morgan fingerprint density at radius 3 is 2.41 bits per heavy atom. The Kier molecular flexibility index (Phi) is 4.60. The summed E-state index contributed by atoms with van der Waals surface area (Å²) in [5, 5.41) is 3.95. The number of benzene rings is 2. The largest absolute Gasteiger partial charge is 0.394 e. The van der Waals surface area contributed by atoms with Gasteiger partial charge in [-0.25, -0.2) is 9.97 Å². The summed E-state index contributed by atoms with van der Waals surface area (Å²) in [7, 11) is 0. The highest BCUT2D eigenvalue weighted by Crippen LogP contribution is 2.33. The quantitative estimate of drug-likeness (QED) is 0.648. The van der Waals surface area contributed by atoms with Crippen molar-refractivity contribution in [1.82, 2.24) is 9.97 Å². The predicted molar refractivity (Wildman–Crippen MR) is 94.4 cm³/mol. The van der Waals surface area contributed by atoms with E-state index in [4.69, 9.17) is 5.73 Å². The van der Waals surface area contributed by atoms with Gasteiger partial charge in [-0.05, 0) is 36.4 Å². The van der Waals surface area contributed by atoms with E-state index >= 15 is 0 Å². The van der Waals surface area contributed by atoms with Crippen LogP contribution in [0.1, 0.15) is 0 Å². The summed E-state index contributed by atoms with van der Waals surface area (Å²) in [6.45, 7) is 0. The van der Waals surface area contributed by atoms with Crippen molar-refractivity contribution in [1.29, 1.82) is 0 Å². The van der Waals surface area contributed by atoms with Crippen LogP contribution in [-0.4, -0.2) is 9.97 Å². The van der Waals surface area contributed by atoms with Gasteiger partial charge < -0.3 is 11.1 Å². The van der Waals surface area contributed by atoms with E-state index in [0.29, 0.717) is 11.5 Å². The lowest BCUT2D eigenvalue weighted by molar-refractivity contribution is 1.06. The average Bonchev–Trinajstić information content (AvgIpc) is 2.54. The minimum Gasteiger partial charge on any atom is -0.394 e. The molecule has 1 aromatic heterocycles. The van der Waals surface area contributed by atoms with Crippen molar-refractivity contribution in [3.05, 3.63) is 65.4 Å². The molecule has 0 unspecified atom stereocenters. The molecule has 6 heteroatoms. The number of rotatable bonds is 4. The fraction of sp³-hybridized carbons (Fsp3) is 0. The van der Waals surface area contributed by atoms with E-state index in [1.165, 1.54) is 18.1 Å². The van der Waals surface area contributed by atoms with Crippen LogP contribution in [0.5, 0.6) is 0 Å². The molecule has 3 aromatic rings. The first kappa shape index (κ1) is 14.9. The van der Waals surface area contributed by atoms with Crippen molar-refractivity contribution >= 4 is 44.9 Å². The second-order valence-corrected chi connectivity index (χ2v) is 6.47. The molecule has 0 spiro atoms. The van der Waals surface area contributed by atoms with Crippen molar-refractivity contribution in [2.24, 2.45) is 0 Å². The topological polar surface area (TPSA) is 63.8 Å². The van der Waals surface area contributed by atoms with Crippen LogP contribution < -0.4 is 11.1 Å². The maximum Gasteiger partial charge on any atom is 0.158 e. The molecule has 0 aliphatic carbocycles. The number of nitrogens with two attached hydrogens (primary N) is 1. The van der Waals surface area contributed by atoms with E-state index in [2.05, 4.69) is 31.2 Å². The summed E-state index contributed by atoms with van der Waals surface area (Å²) in [6, 6.07) is 17.8. The number of halogens is 1. The fourth-order valence-electron chi connectivity index (χ4n) is 1.83. The number of hydrogen-bond acceptors (Lipinski definition) is 5. The van der Waals surface area contributed by atoms with Crippen LogP contribution in [0.2, 0.25) is 0 Å². The number of nitrogens with one attached hydrogen (secondary N) is 1. The zero-order valence-electron chi connectivity index (χ0n) is 11.5. The van der Waals surface area contributed by atoms with Crippen LogP contribution in [0.3, 0.4) is 0 Å². The standard InChI is InChI=1S/C16H13BrN4S/c17-11-6-8-12(9-7-11)21-15-14(18)16(20-10-19-15)22-13-4-2-1-3-5-13/h1-10H,18H2,(H,19,20,21). The normalized spacial score (nSPS) is 10.4. The van der Waals surface area contributed by atoms with Gasteiger partial charge in [0.25, 0.3) is 0 Å². The SMILES string of the molecule is Nc1c(Nc2ccc(Br)cc2)ncnc1Sc1ccccc1. The molecule has 0 saturated carbocycles. The summed E-state index contributed by atoms with van der Waals surface area (Å²) in [5.74, 6) is 0.607. The Balaban J connectivity index is 1.84. The Morgan fingerprint density at radius 2 is 1.68 bits per heavy atom. The van der Waals surface area contributed by atoms with Crippen LogP contribution >= 0.6 is 27.7 Å². The first-order valence-corrected chi connectivity index (χ1v) is 8.19. The van der Waals surface area contributed by atoms with Crippen molar-refractivity contribution < 1.29 is 0 Å². The number of hydrogen-bond donors (Lipinski definition) is 2. The monoisotopic (exact) mass is 372 g/mol. The molecule has 3 rings (SSSR count). The van der Waals surface area contributed by atoms with Gasteiger partial charge in [0.05, 0.1) is 0 Å². The van der Waals surface area contributed by atoms with Crippen molar-refractivity contribution in [2.45, 2.75) is 9.92 Å². The smallest absolute Gasteiger partial charge is 0.158 e. The van der Waals surface area contributed by atoms with Gasteiger partial charge in [0.15, 0.2) is 5.82 Å².